The van der Waals surface area contributed by atoms with E-state index in [1.807, 2.05) is 0 Å². The number of halogens is 15. The van der Waals surface area contributed by atoms with E-state index in [2.05, 4.69) is 84.7 Å². The Bertz CT molecular complexity index is 4420. The van der Waals surface area contributed by atoms with Crippen LogP contribution in [0.15, 0.2) is 147 Å². The van der Waals surface area contributed by atoms with E-state index < -0.39 is 48.4 Å². The summed E-state index contributed by atoms with van der Waals surface area (Å²) in [6, 6.07) is 17.3. The second-order valence-corrected chi connectivity index (χ2v) is 24.9. The molecule has 1 radical (unpaired) electrons. The summed E-state index contributed by atoms with van der Waals surface area (Å²) in [6.45, 7) is 2.15. The van der Waals surface area contributed by atoms with E-state index in [9.17, 15) is 52.7 Å². The molecule has 0 spiro atoms. The van der Waals surface area contributed by atoms with Crippen LogP contribution in [0.3, 0.4) is 0 Å². The lowest BCUT2D eigenvalue weighted by molar-refractivity contribution is -0.178. The molecule has 11 aromatic rings. The second-order valence-electron chi connectivity index (χ2n) is 23.9. The fourth-order valence-electron chi connectivity index (χ4n) is 11.7. The molecule has 4 atom stereocenters. The highest BCUT2D eigenvalue weighted by Crippen LogP contribution is 2.40. The minimum absolute atomic E-state index is 0.0135. The molecule has 4 saturated heterocycles. The quantitative estimate of drug-likeness (QED) is 0.0652. The molecule has 2 N–H and O–H groups in total. The van der Waals surface area contributed by atoms with E-state index in [1.54, 1.807) is 156 Å². The van der Waals surface area contributed by atoms with Gasteiger partial charge in [-0.1, -0.05) is 11.6 Å². The highest BCUT2D eigenvalue weighted by Gasteiger charge is 2.45. The zero-order valence-corrected chi connectivity index (χ0v) is 56.9. The highest BCUT2D eigenvalue weighted by molar-refractivity contribution is 6.35. The summed E-state index contributed by atoms with van der Waals surface area (Å²) in [7, 11) is 0.634. The van der Waals surface area contributed by atoms with E-state index in [-0.39, 0.29) is 62.4 Å². The summed E-state index contributed by atoms with van der Waals surface area (Å²) in [5.41, 5.74) is 3.92. The number of pyridine rings is 7. The van der Waals surface area contributed by atoms with E-state index in [1.165, 1.54) is 6.20 Å². The molecule has 4 aliphatic heterocycles. The lowest BCUT2D eigenvalue weighted by atomic mass is 9.97. The molecule has 4 aliphatic rings. The van der Waals surface area contributed by atoms with Crippen LogP contribution in [0.1, 0.15) is 51.4 Å². The standard InChI is InChI=1S/2C18H16F3N5.C13H12ClF3N4.C7H3Cl2N3.C6H10F3N.C5H5BNO2/c2*19-18(20,21)13-2-1-9-26(11-13)17-14-5-8-23-10-15(14)24-16(25-17)12-3-6-22-7-4-12;14-12-19-10-6-18-4-3-9(10)11(20-12)21-5-1-2-8(7-21)13(15,16)17;8-6-4-1-2-10-3-5(4)11-7(9)12-6;7-6(8,9)5-2-1-3-10-4-5;8-6-9-5-1-3-7-4-2-5/h2*3-8,10,13H,1-2,9,11H2;3-4,6,8H,1-2,5,7H2;1-3H;5,10H,1-4H2;1-4,8H. The molecule has 15 rings (SSSR count). The van der Waals surface area contributed by atoms with Crippen molar-refractivity contribution < 1.29 is 62.4 Å². The molecular formula is C67H62BCl3F12N19O2. The number of hydrogen-bond acceptors (Lipinski definition) is 21. The van der Waals surface area contributed by atoms with E-state index >= 15 is 0 Å². The zero-order chi connectivity index (χ0) is 74.0. The molecule has 0 amide bonds. The van der Waals surface area contributed by atoms with Gasteiger partial charge in [-0.15, -0.1) is 0 Å². The van der Waals surface area contributed by atoms with E-state index in [0.29, 0.717) is 131 Å². The van der Waals surface area contributed by atoms with Crippen molar-refractivity contribution in [1.29, 1.82) is 0 Å². The van der Waals surface area contributed by atoms with Gasteiger partial charge >= 0.3 is 32.4 Å². The van der Waals surface area contributed by atoms with Crippen molar-refractivity contribution in [3.05, 3.63) is 163 Å². The maximum atomic E-state index is 13.2. The van der Waals surface area contributed by atoms with Crippen LogP contribution in [0.25, 0.3) is 66.4 Å². The molecule has 4 fully saturated rings. The number of piperidine rings is 4. The van der Waals surface area contributed by atoms with Crippen LogP contribution in [-0.4, -0.2) is 165 Å². The zero-order valence-electron chi connectivity index (χ0n) is 54.6. The number of alkyl halides is 12. The summed E-state index contributed by atoms with van der Waals surface area (Å²) < 4.78 is 158. The normalized spacial score (nSPS) is 17.9. The number of fused-ring (bicyclic) bond motifs is 4. The summed E-state index contributed by atoms with van der Waals surface area (Å²) in [4.78, 5) is 66.9. The number of rotatable bonds is 7. The van der Waals surface area contributed by atoms with Gasteiger partial charge in [0.1, 0.15) is 28.4 Å². The Labute approximate surface area is 601 Å². The predicted molar refractivity (Wildman–Crippen MR) is 368 cm³/mol. The van der Waals surface area contributed by atoms with Gasteiger partial charge in [0, 0.05) is 140 Å². The molecule has 11 aromatic heterocycles. The van der Waals surface area contributed by atoms with Gasteiger partial charge in [-0.05, 0) is 142 Å². The van der Waals surface area contributed by atoms with Crippen molar-refractivity contribution in [3.8, 4) is 28.5 Å². The van der Waals surface area contributed by atoms with Crippen molar-refractivity contribution in [2.75, 3.05) is 67.1 Å². The molecule has 37 heteroatoms. The van der Waals surface area contributed by atoms with Crippen LogP contribution < -0.4 is 24.7 Å². The van der Waals surface area contributed by atoms with Crippen molar-refractivity contribution >= 4 is 104 Å². The van der Waals surface area contributed by atoms with E-state index in [0.717, 1.165) is 23.1 Å². The monoisotopic (exact) mass is 1510 g/mol. The number of nitrogens with one attached hydrogen (secondary N) is 1. The third kappa shape index (κ3) is 21.2. The lowest BCUT2D eigenvalue weighted by Gasteiger charge is -2.35. The highest BCUT2D eigenvalue weighted by atomic mass is 35.5. The van der Waals surface area contributed by atoms with E-state index in [4.69, 9.17) is 39.8 Å². The maximum Gasteiger partial charge on any atom is 0.569 e. The van der Waals surface area contributed by atoms with Gasteiger partial charge in [0.15, 0.2) is 11.6 Å². The number of anilines is 3. The van der Waals surface area contributed by atoms with Crippen LogP contribution >= 0.6 is 34.8 Å². The molecule has 104 heavy (non-hydrogen) atoms. The SMILES string of the molecule is Clc1nc(Cl)c2ccncc2n1.FC(F)(F)C1CCCN(c2nc(-c3ccncc3)nc3cnccc23)C1.FC(F)(F)C1CCCN(c2nc(-c3ccncc3)nc3cnccc23)C1.FC(F)(F)C1CCCN(c2nc(Cl)nc3cnccc23)C1.FC(F)(F)C1CCCNC1.O[B]Oc1ccncc1. The molecule has 21 nitrogen and oxygen atoms in total. The molecular weight excluding hydrogens is 1450 g/mol. The first-order valence-corrected chi connectivity index (χ1v) is 33.4. The van der Waals surface area contributed by atoms with Crippen LogP contribution in [-0.2, 0) is 0 Å². The fraction of sp³-hybridized carbons (Fsp3) is 0.358. The maximum absolute atomic E-state index is 13.2. The molecule has 0 aromatic carbocycles. The predicted octanol–water partition coefficient (Wildman–Crippen LogP) is 15.1. The third-order valence-corrected chi connectivity index (χ3v) is 17.5. The Kier molecular flexibility index (Phi) is 26.3. The Morgan fingerprint density at radius 1 is 0.394 bits per heavy atom. The third-order valence-electron chi connectivity index (χ3n) is 16.9. The molecule has 0 aliphatic carbocycles. The van der Waals surface area contributed by atoms with Crippen LogP contribution in [0.4, 0.5) is 70.1 Å². The molecule has 0 bridgehead atoms. The minimum Gasteiger partial charge on any atom is -0.537 e. The second kappa shape index (κ2) is 35.4. The molecule has 545 valence electrons. The number of aromatic nitrogens is 15. The van der Waals surface area contributed by atoms with Crippen LogP contribution in [0.5, 0.6) is 5.75 Å². The van der Waals surface area contributed by atoms with Gasteiger partial charge in [-0.3, -0.25) is 34.9 Å². The first kappa shape index (κ1) is 77.2. The Morgan fingerprint density at radius 3 is 1.10 bits per heavy atom. The minimum atomic E-state index is -4.20. The van der Waals surface area contributed by atoms with Gasteiger partial charge in [0.2, 0.25) is 10.6 Å². The van der Waals surface area contributed by atoms with Crippen LogP contribution in [0.2, 0.25) is 15.7 Å². The van der Waals surface area contributed by atoms with Crippen molar-refractivity contribution in [2.45, 2.75) is 76.1 Å². The van der Waals surface area contributed by atoms with Crippen molar-refractivity contribution in [2.24, 2.45) is 23.7 Å². The summed E-state index contributed by atoms with van der Waals surface area (Å²) in [5, 5.41) is 14.2. The molecule has 15 heterocycles. The van der Waals surface area contributed by atoms with Crippen molar-refractivity contribution in [3.63, 3.8) is 0 Å². The topological polar surface area (TPSA) is 245 Å². The first-order valence-electron chi connectivity index (χ1n) is 32.3. The Morgan fingerprint density at radius 2 is 0.731 bits per heavy atom. The summed E-state index contributed by atoms with van der Waals surface area (Å²) in [5.74, 6) is -2.14. The number of hydrogen-bond donors (Lipinski definition) is 2. The Balaban J connectivity index is 0.000000140. The smallest absolute Gasteiger partial charge is 0.537 e. The average molecular weight is 1510 g/mol. The lowest BCUT2D eigenvalue weighted by Crippen LogP contribution is -2.42. The molecule has 4 unspecified atom stereocenters. The average Bonchev–Trinajstić information content (AvgIpc) is 0.790. The summed E-state index contributed by atoms with van der Waals surface area (Å²) >= 11 is 17.3. The van der Waals surface area contributed by atoms with Gasteiger partial charge < -0.3 is 29.7 Å². The van der Waals surface area contributed by atoms with Gasteiger partial charge in [-0.2, -0.15) is 57.7 Å². The largest absolute Gasteiger partial charge is 0.569 e. The van der Waals surface area contributed by atoms with Gasteiger partial charge in [0.05, 0.1) is 70.5 Å². The fourth-order valence-corrected chi connectivity index (χ4v) is 12.3. The van der Waals surface area contributed by atoms with Gasteiger partial charge in [-0.25, -0.2) is 34.9 Å². The molecule has 0 saturated carbocycles. The number of nitrogens with zero attached hydrogens (tertiary/aromatic N) is 18. The summed E-state index contributed by atoms with van der Waals surface area (Å²) in [6.07, 6.45) is 8.67. The van der Waals surface area contributed by atoms with Gasteiger partial charge in [0.25, 0.3) is 0 Å². The Hall–Kier alpha value is -9.38. The van der Waals surface area contributed by atoms with Crippen molar-refractivity contribution in [1.82, 2.24) is 80.1 Å². The first-order chi connectivity index (χ1) is 49.8. The van der Waals surface area contributed by atoms with Crippen LogP contribution in [0, 0.1) is 23.7 Å².